The summed E-state index contributed by atoms with van der Waals surface area (Å²) in [7, 11) is 0. The minimum absolute atomic E-state index is 0.634. The van der Waals surface area contributed by atoms with Crippen LogP contribution in [0.5, 0.6) is 0 Å². The lowest BCUT2D eigenvalue weighted by atomic mass is 10.0. The van der Waals surface area contributed by atoms with Gasteiger partial charge in [0.1, 0.15) is 0 Å². The number of benzene rings is 8. The van der Waals surface area contributed by atoms with Crippen LogP contribution in [0.2, 0.25) is 0 Å². The molecule has 0 bridgehead atoms. The van der Waals surface area contributed by atoms with Crippen LogP contribution in [0.25, 0.3) is 93.6 Å². The predicted octanol–water partition coefficient (Wildman–Crippen LogP) is 12.4. The Morgan fingerprint density at radius 2 is 0.745 bits per heavy atom. The van der Waals surface area contributed by atoms with Crippen LogP contribution in [0, 0.1) is 22.7 Å². The minimum Gasteiger partial charge on any atom is -0.309 e. The summed E-state index contributed by atoms with van der Waals surface area (Å²) in [6.07, 6.45) is 0. The quantitative estimate of drug-likeness (QED) is 0.184. The van der Waals surface area contributed by atoms with Crippen molar-refractivity contribution in [2.75, 3.05) is 0 Å². The highest BCUT2D eigenvalue weighted by Crippen LogP contribution is 2.42. The SMILES string of the molecule is N#Cc1ccc2c(c1)c1ccccc1n2-c1cccc(-c2cccc(-n3c4ccc(C#N)cc4c4ccc5c6ccccc6n(-c6ccccc6)c5c43)c2)c1. The number of nitriles is 2. The van der Waals surface area contributed by atoms with Gasteiger partial charge in [-0.3, -0.25) is 0 Å². The second-order valence-corrected chi connectivity index (χ2v) is 14.0. The summed E-state index contributed by atoms with van der Waals surface area (Å²) in [5.41, 5.74) is 13.2. The van der Waals surface area contributed by atoms with Crippen molar-refractivity contribution in [1.29, 1.82) is 10.5 Å². The first-order valence-corrected chi connectivity index (χ1v) is 18.3. The zero-order chi connectivity index (χ0) is 36.6. The summed E-state index contributed by atoms with van der Waals surface area (Å²) in [4.78, 5) is 0. The highest BCUT2D eigenvalue weighted by atomic mass is 15.0. The van der Waals surface area contributed by atoms with Crippen molar-refractivity contribution >= 4 is 65.4 Å². The number of aromatic nitrogens is 3. The normalized spacial score (nSPS) is 11.6. The molecule has 0 aliphatic rings. The first kappa shape index (κ1) is 30.7. The molecule has 0 aliphatic heterocycles. The van der Waals surface area contributed by atoms with Crippen LogP contribution in [0.3, 0.4) is 0 Å². The van der Waals surface area contributed by atoms with Gasteiger partial charge in [-0.05, 0) is 96.1 Å². The predicted molar refractivity (Wildman–Crippen MR) is 224 cm³/mol. The Labute approximate surface area is 316 Å². The van der Waals surface area contributed by atoms with E-state index in [2.05, 4.69) is 177 Å². The van der Waals surface area contributed by atoms with E-state index in [1.165, 1.54) is 10.8 Å². The molecule has 0 fully saturated rings. The third-order valence-corrected chi connectivity index (χ3v) is 11.0. The third-order valence-electron chi connectivity index (χ3n) is 11.0. The van der Waals surface area contributed by atoms with Gasteiger partial charge in [0.25, 0.3) is 0 Å². The molecule has 0 spiro atoms. The maximum atomic E-state index is 9.97. The van der Waals surface area contributed by atoms with Crippen molar-refractivity contribution in [3.63, 3.8) is 0 Å². The Balaban J connectivity index is 1.17. The average molecular weight is 700 g/mol. The highest BCUT2D eigenvalue weighted by molar-refractivity contribution is 6.24. The van der Waals surface area contributed by atoms with Crippen LogP contribution in [0.1, 0.15) is 11.1 Å². The van der Waals surface area contributed by atoms with Gasteiger partial charge >= 0.3 is 0 Å². The number of rotatable bonds is 4. The second-order valence-electron chi connectivity index (χ2n) is 14.0. The van der Waals surface area contributed by atoms with Gasteiger partial charge in [0.15, 0.2) is 0 Å². The van der Waals surface area contributed by atoms with Crippen molar-refractivity contribution in [1.82, 2.24) is 13.7 Å². The molecule has 5 heteroatoms. The van der Waals surface area contributed by atoms with E-state index in [1.807, 2.05) is 24.3 Å². The lowest BCUT2D eigenvalue weighted by molar-refractivity contribution is 1.15. The molecule has 0 saturated heterocycles. The van der Waals surface area contributed by atoms with Crippen LogP contribution in [0.15, 0.2) is 176 Å². The molecule has 3 aromatic heterocycles. The van der Waals surface area contributed by atoms with Crippen LogP contribution in [-0.2, 0) is 0 Å². The minimum atomic E-state index is 0.634. The van der Waals surface area contributed by atoms with Gasteiger partial charge in [-0.15, -0.1) is 0 Å². The summed E-state index contributed by atoms with van der Waals surface area (Å²) in [6, 6.07) is 66.1. The summed E-state index contributed by atoms with van der Waals surface area (Å²) in [5, 5.41) is 26.3. The Morgan fingerprint density at radius 1 is 0.309 bits per heavy atom. The summed E-state index contributed by atoms with van der Waals surface area (Å²) in [6.45, 7) is 0. The fourth-order valence-corrected chi connectivity index (χ4v) is 8.70. The lowest BCUT2D eigenvalue weighted by Crippen LogP contribution is -1.99. The molecule has 11 aromatic rings. The molecule has 3 heterocycles. The largest absolute Gasteiger partial charge is 0.309 e. The molecule has 0 N–H and O–H groups in total. The van der Waals surface area contributed by atoms with E-state index >= 15 is 0 Å². The number of hydrogen-bond donors (Lipinski definition) is 0. The van der Waals surface area contributed by atoms with E-state index in [4.69, 9.17) is 0 Å². The topological polar surface area (TPSA) is 62.4 Å². The molecule has 0 radical (unpaired) electrons. The van der Waals surface area contributed by atoms with Crippen LogP contribution >= 0.6 is 0 Å². The van der Waals surface area contributed by atoms with Gasteiger partial charge in [0.05, 0.1) is 56.4 Å². The van der Waals surface area contributed by atoms with E-state index in [0.29, 0.717) is 11.1 Å². The Hall–Kier alpha value is -7.86. The van der Waals surface area contributed by atoms with E-state index in [0.717, 1.165) is 82.8 Å². The smallest absolute Gasteiger partial charge is 0.0991 e. The van der Waals surface area contributed by atoms with Crippen molar-refractivity contribution in [3.8, 4) is 40.3 Å². The Bertz CT molecular complexity index is 3450. The van der Waals surface area contributed by atoms with E-state index in [9.17, 15) is 10.5 Å². The molecule has 0 amide bonds. The molecular weight excluding hydrogens is 671 g/mol. The number of hydrogen-bond acceptors (Lipinski definition) is 2. The Kier molecular flexibility index (Phi) is 6.61. The molecule has 0 unspecified atom stereocenters. The van der Waals surface area contributed by atoms with Crippen molar-refractivity contribution in [2.24, 2.45) is 0 Å². The van der Waals surface area contributed by atoms with E-state index < -0.39 is 0 Å². The van der Waals surface area contributed by atoms with Gasteiger partial charge in [-0.25, -0.2) is 0 Å². The average Bonchev–Trinajstić information content (AvgIpc) is 3.89. The number of nitrogens with zero attached hydrogens (tertiary/aromatic N) is 5. The number of fused-ring (bicyclic) bond motifs is 10. The van der Waals surface area contributed by atoms with Gasteiger partial charge in [0.2, 0.25) is 0 Å². The molecular formula is C50H29N5. The van der Waals surface area contributed by atoms with Crippen molar-refractivity contribution < 1.29 is 0 Å². The summed E-state index contributed by atoms with van der Waals surface area (Å²) in [5.74, 6) is 0. The van der Waals surface area contributed by atoms with E-state index in [-0.39, 0.29) is 0 Å². The molecule has 5 nitrogen and oxygen atoms in total. The molecule has 0 aliphatic carbocycles. The first-order chi connectivity index (χ1) is 27.2. The zero-order valence-corrected chi connectivity index (χ0v) is 29.5. The van der Waals surface area contributed by atoms with Crippen molar-refractivity contribution in [3.05, 3.63) is 187 Å². The maximum Gasteiger partial charge on any atom is 0.0991 e. The zero-order valence-electron chi connectivity index (χ0n) is 29.5. The molecule has 254 valence electrons. The summed E-state index contributed by atoms with van der Waals surface area (Å²) >= 11 is 0. The fraction of sp³-hybridized carbons (Fsp3) is 0. The van der Waals surface area contributed by atoms with Gasteiger partial charge in [-0.1, -0.05) is 91.0 Å². The second kappa shape index (κ2) is 11.8. The van der Waals surface area contributed by atoms with E-state index in [1.54, 1.807) is 0 Å². The van der Waals surface area contributed by atoms with Crippen LogP contribution in [0.4, 0.5) is 0 Å². The third kappa shape index (κ3) is 4.51. The maximum absolute atomic E-state index is 9.97. The molecule has 0 saturated carbocycles. The fourth-order valence-electron chi connectivity index (χ4n) is 8.70. The standard InChI is InChI=1S/C50H29N5/c51-30-32-20-24-47-43(26-32)40-17-5-6-18-45(40)53(47)37-14-8-10-34(28-37)35-11-9-15-38(29-35)55-48-25-21-33(31-52)27-44(48)42-23-22-41-39-16-4-7-19-46(39)54(49(41)50(42)55)36-12-2-1-3-13-36/h1-29H. The van der Waals surface area contributed by atoms with Gasteiger partial charge < -0.3 is 13.7 Å². The number of para-hydroxylation sites is 3. The highest BCUT2D eigenvalue weighted by Gasteiger charge is 2.22. The van der Waals surface area contributed by atoms with Crippen LogP contribution in [-0.4, -0.2) is 13.7 Å². The lowest BCUT2D eigenvalue weighted by Gasteiger charge is -2.14. The summed E-state index contributed by atoms with van der Waals surface area (Å²) < 4.78 is 7.05. The monoisotopic (exact) mass is 699 g/mol. The molecule has 11 rings (SSSR count). The molecule has 0 atom stereocenters. The van der Waals surface area contributed by atoms with Gasteiger partial charge in [-0.2, -0.15) is 10.5 Å². The Morgan fingerprint density at radius 3 is 1.36 bits per heavy atom. The molecule has 55 heavy (non-hydrogen) atoms. The molecule has 8 aromatic carbocycles. The first-order valence-electron chi connectivity index (χ1n) is 18.3. The van der Waals surface area contributed by atoms with Crippen LogP contribution < -0.4 is 0 Å². The van der Waals surface area contributed by atoms with Gasteiger partial charge in [0, 0.05) is 49.4 Å². The van der Waals surface area contributed by atoms with Crippen molar-refractivity contribution in [2.45, 2.75) is 0 Å².